The number of aryl methyl sites for hydroxylation is 1. The predicted molar refractivity (Wildman–Crippen MR) is 113 cm³/mol. The van der Waals surface area contributed by atoms with Crippen molar-refractivity contribution >= 4 is 23.5 Å². The number of rotatable bonds is 7. The van der Waals surface area contributed by atoms with Crippen LogP contribution in [0.5, 0.6) is 0 Å². The Kier molecular flexibility index (Phi) is 6.77. The summed E-state index contributed by atoms with van der Waals surface area (Å²) < 4.78 is 0. The van der Waals surface area contributed by atoms with Crippen LogP contribution in [-0.4, -0.2) is 54.5 Å². The van der Waals surface area contributed by atoms with Gasteiger partial charge in [-0.2, -0.15) is 0 Å². The van der Waals surface area contributed by atoms with Crippen LogP contribution in [0.1, 0.15) is 51.0 Å². The van der Waals surface area contributed by atoms with Gasteiger partial charge in [0.15, 0.2) is 0 Å². The smallest absolute Gasteiger partial charge is 0.325 e. The maximum absolute atomic E-state index is 12.9. The summed E-state index contributed by atoms with van der Waals surface area (Å²) in [5.41, 5.74) is 1.51. The lowest BCUT2D eigenvalue weighted by Crippen LogP contribution is -2.47. The Bertz CT molecular complexity index is 756. The van der Waals surface area contributed by atoms with E-state index in [2.05, 4.69) is 47.6 Å². The van der Waals surface area contributed by atoms with Gasteiger partial charge in [-0.05, 0) is 44.4 Å². The Morgan fingerprint density at radius 3 is 2.59 bits per heavy atom. The molecule has 7 heteroatoms. The molecule has 0 bridgehead atoms. The first-order valence-corrected chi connectivity index (χ1v) is 10.7. The largest absolute Gasteiger partial charge is 0.370 e. The Morgan fingerprint density at radius 1 is 1.21 bits per heavy atom. The number of urea groups is 1. The Hall–Kier alpha value is -2.57. The van der Waals surface area contributed by atoms with Crippen LogP contribution >= 0.6 is 0 Å². The average Bonchev–Trinajstić information content (AvgIpc) is 2.85. The molecule has 2 aliphatic rings. The highest BCUT2D eigenvalue weighted by Crippen LogP contribution is 2.32. The van der Waals surface area contributed by atoms with E-state index in [4.69, 9.17) is 0 Å². The number of anilines is 1. The summed E-state index contributed by atoms with van der Waals surface area (Å²) in [6.07, 6.45) is 5.35. The molecule has 2 N–H and O–H groups in total. The molecule has 1 aliphatic heterocycles. The van der Waals surface area contributed by atoms with Gasteiger partial charge in [0.25, 0.3) is 5.91 Å². The molecule has 4 amide bonds. The molecular formula is C22H32N4O3. The van der Waals surface area contributed by atoms with Crippen molar-refractivity contribution in [2.45, 2.75) is 57.9 Å². The minimum absolute atomic E-state index is 0.219. The third kappa shape index (κ3) is 4.89. The van der Waals surface area contributed by atoms with Gasteiger partial charge in [0.1, 0.15) is 12.1 Å². The van der Waals surface area contributed by atoms with Crippen LogP contribution in [-0.2, 0) is 9.59 Å². The van der Waals surface area contributed by atoms with E-state index < -0.39 is 11.6 Å². The van der Waals surface area contributed by atoms with E-state index >= 15 is 0 Å². The quantitative estimate of drug-likeness (QED) is 0.690. The van der Waals surface area contributed by atoms with E-state index in [1.807, 2.05) is 6.07 Å². The zero-order chi connectivity index (χ0) is 20.9. The highest BCUT2D eigenvalue weighted by atomic mass is 16.2. The van der Waals surface area contributed by atoms with Gasteiger partial charge in [-0.3, -0.25) is 14.5 Å². The second kappa shape index (κ2) is 9.29. The monoisotopic (exact) mass is 400 g/mol. The van der Waals surface area contributed by atoms with Gasteiger partial charge in [-0.1, -0.05) is 37.8 Å². The second-order valence-electron chi connectivity index (χ2n) is 8.09. The molecule has 1 saturated heterocycles. The van der Waals surface area contributed by atoms with Gasteiger partial charge < -0.3 is 15.5 Å². The van der Waals surface area contributed by atoms with Gasteiger partial charge in [-0.25, -0.2) is 4.79 Å². The summed E-state index contributed by atoms with van der Waals surface area (Å²) in [5.74, 6) is -0.547. The van der Waals surface area contributed by atoms with Crippen molar-refractivity contribution in [2.24, 2.45) is 0 Å². The first-order valence-electron chi connectivity index (χ1n) is 10.7. The number of imide groups is 1. The van der Waals surface area contributed by atoms with Crippen molar-refractivity contribution in [2.75, 3.05) is 31.1 Å². The number of nitrogens with zero attached hydrogens (tertiary/aromatic N) is 2. The number of amides is 4. The van der Waals surface area contributed by atoms with Gasteiger partial charge in [0.2, 0.25) is 5.91 Å². The van der Waals surface area contributed by atoms with Crippen LogP contribution in [0, 0.1) is 6.92 Å². The summed E-state index contributed by atoms with van der Waals surface area (Å²) in [7, 11) is 0. The number of benzene rings is 1. The number of carbonyl (C=O) groups is 3. The SMILES string of the molecule is CCN(CCNC(=O)CN1C(=O)NC2(CCCCCC2)C1=O)c1cccc(C)c1. The van der Waals surface area contributed by atoms with Gasteiger partial charge in [-0.15, -0.1) is 0 Å². The molecule has 1 spiro atoms. The van der Waals surface area contributed by atoms with Crippen LogP contribution in [0.2, 0.25) is 0 Å². The minimum Gasteiger partial charge on any atom is -0.370 e. The van der Waals surface area contributed by atoms with E-state index in [9.17, 15) is 14.4 Å². The zero-order valence-corrected chi connectivity index (χ0v) is 17.5. The maximum atomic E-state index is 12.9. The molecule has 158 valence electrons. The highest BCUT2D eigenvalue weighted by molar-refractivity contribution is 6.09. The first-order chi connectivity index (χ1) is 13.9. The third-order valence-corrected chi connectivity index (χ3v) is 5.96. The van der Waals surface area contributed by atoms with Crippen molar-refractivity contribution < 1.29 is 14.4 Å². The third-order valence-electron chi connectivity index (χ3n) is 5.96. The fourth-order valence-corrected chi connectivity index (χ4v) is 4.32. The molecule has 1 aromatic carbocycles. The molecule has 3 rings (SSSR count). The molecule has 7 nitrogen and oxygen atoms in total. The molecule has 2 fully saturated rings. The fraction of sp³-hybridized carbons (Fsp3) is 0.591. The number of hydrogen-bond donors (Lipinski definition) is 2. The molecule has 1 aliphatic carbocycles. The molecule has 1 aromatic rings. The summed E-state index contributed by atoms with van der Waals surface area (Å²) in [5, 5.41) is 5.72. The van der Waals surface area contributed by atoms with Crippen LogP contribution in [0.15, 0.2) is 24.3 Å². The van der Waals surface area contributed by atoms with Crippen LogP contribution in [0.25, 0.3) is 0 Å². The molecule has 0 aromatic heterocycles. The predicted octanol–water partition coefficient (Wildman–Crippen LogP) is 2.58. The lowest BCUT2D eigenvalue weighted by atomic mass is 9.90. The normalized spacial score (nSPS) is 18.5. The molecule has 0 radical (unpaired) electrons. The number of likely N-dealkylation sites (N-methyl/N-ethyl adjacent to an activating group) is 1. The van der Waals surface area contributed by atoms with E-state index in [0.29, 0.717) is 25.9 Å². The van der Waals surface area contributed by atoms with E-state index in [1.165, 1.54) is 5.56 Å². The zero-order valence-electron chi connectivity index (χ0n) is 17.5. The maximum Gasteiger partial charge on any atom is 0.325 e. The van der Waals surface area contributed by atoms with Crippen molar-refractivity contribution in [3.8, 4) is 0 Å². The molecule has 1 saturated carbocycles. The van der Waals surface area contributed by atoms with Crippen molar-refractivity contribution in [1.82, 2.24) is 15.5 Å². The summed E-state index contributed by atoms with van der Waals surface area (Å²) in [6.45, 7) is 5.85. The summed E-state index contributed by atoms with van der Waals surface area (Å²) >= 11 is 0. The fourth-order valence-electron chi connectivity index (χ4n) is 4.32. The number of hydrogen-bond acceptors (Lipinski definition) is 4. The second-order valence-corrected chi connectivity index (χ2v) is 8.09. The highest BCUT2D eigenvalue weighted by Gasteiger charge is 2.51. The van der Waals surface area contributed by atoms with Gasteiger partial charge in [0, 0.05) is 25.3 Å². The van der Waals surface area contributed by atoms with Gasteiger partial charge in [0.05, 0.1) is 0 Å². The lowest BCUT2D eigenvalue weighted by molar-refractivity contribution is -0.135. The molecule has 1 heterocycles. The van der Waals surface area contributed by atoms with Crippen LogP contribution in [0.4, 0.5) is 10.5 Å². The van der Waals surface area contributed by atoms with E-state index in [1.54, 1.807) is 0 Å². The molecular weight excluding hydrogens is 368 g/mol. The Morgan fingerprint density at radius 2 is 1.93 bits per heavy atom. The standard InChI is InChI=1S/C22H32N4O3/c1-3-25(18-10-8-9-17(2)15-18)14-13-23-19(27)16-26-20(28)22(24-21(26)29)11-6-4-5-7-12-22/h8-10,15H,3-7,11-14,16H2,1-2H3,(H,23,27)(H,24,29). The topological polar surface area (TPSA) is 81.8 Å². The molecule has 0 unspecified atom stereocenters. The Balaban J connectivity index is 1.51. The minimum atomic E-state index is -0.794. The Labute approximate surface area is 172 Å². The van der Waals surface area contributed by atoms with Crippen molar-refractivity contribution in [3.05, 3.63) is 29.8 Å². The van der Waals surface area contributed by atoms with Gasteiger partial charge >= 0.3 is 6.03 Å². The number of nitrogens with one attached hydrogen (secondary N) is 2. The average molecular weight is 401 g/mol. The molecule has 0 atom stereocenters. The summed E-state index contributed by atoms with van der Waals surface area (Å²) in [6, 6.07) is 7.80. The van der Waals surface area contributed by atoms with E-state index in [0.717, 1.165) is 42.8 Å². The van der Waals surface area contributed by atoms with E-state index in [-0.39, 0.29) is 18.4 Å². The molecule has 29 heavy (non-hydrogen) atoms. The first kappa shape index (κ1) is 21.1. The summed E-state index contributed by atoms with van der Waals surface area (Å²) in [4.78, 5) is 40.9. The lowest BCUT2D eigenvalue weighted by Gasteiger charge is -2.25. The van der Waals surface area contributed by atoms with Crippen molar-refractivity contribution in [3.63, 3.8) is 0 Å². The van der Waals surface area contributed by atoms with Crippen LogP contribution < -0.4 is 15.5 Å². The number of carbonyl (C=O) groups excluding carboxylic acids is 3. The van der Waals surface area contributed by atoms with Crippen LogP contribution in [0.3, 0.4) is 0 Å². The van der Waals surface area contributed by atoms with Crippen molar-refractivity contribution in [1.29, 1.82) is 0 Å².